The predicted octanol–water partition coefficient (Wildman–Crippen LogP) is 4.49. The van der Waals surface area contributed by atoms with E-state index in [4.69, 9.17) is 4.74 Å². The Bertz CT molecular complexity index is 1080. The molecule has 29 heavy (non-hydrogen) atoms. The van der Waals surface area contributed by atoms with Gasteiger partial charge in [0.25, 0.3) is 0 Å². The molecule has 0 spiro atoms. The molecule has 0 N–H and O–H groups in total. The van der Waals surface area contributed by atoms with Gasteiger partial charge in [0.15, 0.2) is 5.65 Å². The van der Waals surface area contributed by atoms with Crippen LogP contribution in [0.15, 0.2) is 36.7 Å². The number of ether oxygens (including phenoxy) is 1. The van der Waals surface area contributed by atoms with Gasteiger partial charge in [0.2, 0.25) is 0 Å². The van der Waals surface area contributed by atoms with Crippen molar-refractivity contribution in [3.63, 3.8) is 0 Å². The molecule has 0 aliphatic carbocycles. The standard InChI is InChI=1S/C22H25FN4O2/c1-21(2,3)29-20(28)26-12-22(4,5)18-17(26)11-16(27-13-24-25-19(18)27)10-14-6-8-15(23)9-7-14/h6-9,11,13H,10,12H2,1-5H3. The van der Waals surface area contributed by atoms with Crippen molar-refractivity contribution in [2.24, 2.45) is 0 Å². The van der Waals surface area contributed by atoms with Crippen LogP contribution in [0.25, 0.3) is 5.65 Å². The van der Waals surface area contributed by atoms with Crippen molar-refractivity contribution in [3.05, 3.63) is 59.3 Å². The molecule has 0 atom stereocenters. The number of anilines is 1. The first-order chi connectivity index (χ1) is 13.5. The quantitative estimate of drug-likeness (QED) is 0.640. The van der Waals surface area contributed by atoms with Gasteiger partial charge in [-0.3, -0.25) is 9.30 Å². The van der Waals surface area contributed by atoms with Gasteiger partial charge in [-0.15, -0.1) is 10.2 Å². The lowest BCUT2D eigenvalue weighted by Crippen LogP contribution is -2.38. The number of halogens is 1. The number of amides is 1. The number of pyridine rings is 1. The normalized spacial score (nSPS) is 15.6. The minimum atomic E-state index is -0.583. The van der Waals surface area contributed by atoms with E-state index in [9.17, 15) is 9.18 Å². The number of rotatable bonds is 2. The third-order valence-corrected chi connectivity index (χ3v) is 5.07. The summed E-state index contributed by atoms with van der Waals surface area (Å²) < 4.78 is 20.9. The molecular weight excluding hydrogens is 371 g/mol. The van der Waals surface area contributed by atoms with Crippen LogP contribution in [0.5, 0.6) is 0 Å². The highest BCUT2D eigenvalue weighted by Gasteiger charge is 2.42. The highest BCUT2D eigenvalue weighted by molar-refractivity contribution is 5.93. The Kier molecular flexibility index (Phi) is 4.37. The van der Waals surface area contributed by atoms with E-state index >= 15 is 0 Å². The summed E-state index contributed by atoms with van der Waals surface area (Å²) in [6.07, 6.45) is 1.87. The molecule has 0 radical (unpaired) electrons. The number of aromatic nitrogens is 3. The molecule has 1 amide bonds. The molecule has 1 aliphatic rings. The number of hydrogen-bond donors (Lipinski definition) is 0. The van der Waals surface area contributed by atoms with Crippen LogP contribution in [-0.4, -0.2) is 32.8 Å². The number of carbonyl (C=O) groups is 1. The average Bonchev–Trinajstić information content (AvgIpc) is 3.18. The van der Waals surface area contributed by atoms with Gasteiger partial charge in [0, 0.05) is 29.6 Å². The van der Waals surface area contributed by atoms with E-state index in [0.29, 0.717) is 13.0 Å². The van der Waals surface area contributed by atoms with Crippen LogP contribution in [-0.2, 0) is 16.6 Å². The van der Waals surface area contributed by atoms with Crippen LogP contribution in [0.4, 0.5) is 14.9 Å². The molecule has 0 saturated carbocycles. The van der Waals surface area contributed by atoms with Crippen molar-refractivity contribution in [2.75, 3.05) is 11.4 Å². The molecule has 6 nitrogen and oxygen atoms in total. The summed E-state index contributed by atoms with van der Waals surface area (Å²) in [5.74, 6) is -0.269. The molecule has 3 aromatic rings. The summed E-state index contributed by atoms with van der Waals surface area (Å²) in [5, 5.41) is 8.45. The van der Waals surface area contributed by atoms with Crippen LogP contribution in [0.3, 0.4) is 0 Å². The smallest absolute Gasteiger partial charge is 0.414 e. The average molecular weight is 396 g/mol. The molecule has 1 aromatic carbocycles. The minimum absolute atomic E-state index is 0.269. The Balaban J connectivity index is 1.82. The van der Waals surface area contributed by atoms with Gasteiger partial charge in [-0.1, -0.05) is 26.0 Å². The Morgan fingerprint density at radius 1 is 1.24 bits per heavy atom. The van der Waals surface area contributed by atoms with Crippen LogP contribution >= 0.6 is 0 Å². The van der Waals surface area contributed by atoms with Crippen LogP contribution in [0, 0.1) is 5.82 Å². The lowest BCUT2D eigenvalue weighted by atomic mass is 9.87. The van der Waals surface area contributed by atoms with Crippen molar-refractivity contribution in [3.8, 4) is 0 Å². The number of nitrogens with zero attached hydrogens (tertiary/aromatic N) is 4. The fourth-order valence-corrected chi connectivity index (χ4v) is 3.88. The summed E-state index contributed by atoms with van der Waals surface area (Å²) in [7, 11) is 0. The first-order valence-corrected chi connectivity index (χ1v) is 9.66. The van der Waals surface area contributed by atoms with E-state index in [2.05, 4.69) is 24.0 Å². The van der Waals surface area contributed by atoms with Crippen molar-refractivity contribution in [1.82, 2.24) is 14.6 Å². The Morgan fingerprint density at radius 3 is 2.59 bits per heavy atom. The Hall–Kier alpha value is -2.96. The van der Waals surface area contributed by atoms with E-state index < -0.39 is 5.60 Å². The maximum atomic E-state index is 13.3. The second kappa shape index (κ2) is 6.54. The fraction of sp³-hybridized carbons (Fsp3) is 0.409. The van der Waals surface area contributed by atoms with Gasteiger partial charge in [-0.2, -0.15) is 0 Å². The summed E-state index contributed by atoms with van der Waals surface area (Å²) in [5.41, 5.74) is 3.50. The highest BCUT2D eigenvalue weighted by Crippen LogP contribution is 2.44. The van der Waals surface area contributed by atoms with E-state index in [1.807, 2.05) is 31.2 Å². The third-order valence-electron chi connectivity index (χ3n) is 5.07. The fourth-order valence-electron chi connectivity index (χ4n) is 3.88. The first-order valence-electron chi connectivity index (χ1n) is 9.66. The van der Waals surface area contributed by atoms with Gasteiger partial charge in [-0.25, -0.2) is 9.18 Å². The molecule has 0 unspecified atom stereocenters. The van der Waals surface area contributed by atoms with E-state index in [1.165, 1.54) is 12.1 Å². The largest absolute Gasteiger partial charge is 0.443 e. The number of hydrogen-bond acceptors (Lipinski definition) is 4. The molecule has 7 heteroatoms. The van der Waals surface area contributed by atoms with Crippen molar-refractivity contribution < 1.29 is 13.9 Å². The van der Waals surface area contributed by atoms with Crippen molar-refractivity contribution in [1.29, 1.82) is 0 Å². The maximum absolute atomic E-state index is 13.3. The Morgan fingerprint density at radius 2 is 1.93 bits per heavy atom. The van der Waals surface area contributed by atoms with E-state index in [0.717, 1.165) is 28.2 Å². The van der Waals surface area contributed by atoms with Gasteiger partial charge >= 0.3 is 6.09 Å². The van der Waals surface area contributed by atoms with Crippen LogP contribution in [0.2, 0.25) is 0 Å². The third kappa shape index (κ3) is 3.57. The first kappa shape index (κ1) is 19.4. The zero-order valence-corrected chi connectivity index (χ0v) is 17.4. The zero-order valence-electron chi connectivity index (χ0n) is 17.4. The molecular formula is C22H25FN4O2. The van der Waals surface area contributed by atoms with E-state index in [1.54, 1.807) is 23.4 Å². The van der Waals surface area contributed by atoms with Gasteiger partial charge < -0.3 is 4.74 Å². The lowest BCUT2D eigenvalue weighted by molar-refractivity contribution is 0.0579. The Labute approximate surface area is 169 Å². The second-order valence-corrected chi connectivity index (χ2v) is 9.17. The van der Waals surface area contributed by atoms with Crippen LogP contribution in [0.1, 0.15) is 51.4 Å². The summed E-state index contributed by atoms with van der Waals surface area (Å²) >= 11 is 0. The SMILES string of the molecule is CC(C)(C)OC(=O)N1CC(C)(C)c2c1cc(Cc1ccc(F)cc1)n1cnnc21. The molecule has 152 valence electrons. The predicted molar refractivity (Wildman–Crippen MR) is 109 cm³/mol. The maximum Gasteiger partial charge on any atom is 0.414 e. The molecule has 0 bridgehead atoms. The van der Waals surface area contributed by atoms with Gasteiger partial charge in [-0.05, 0) is 44.5 Å². The lowest BCUT2D eigenvalue weighted by Gasteiger charge is -2.26. The molecule has 0 saturated heterocycles. The van der Waals surface area contributed by atoms with Gasteiger partial charge in [0.05, 0.1) is 5.69 Å². The highest BCUT2D eigenvalue weighted by atomic mass is 19.1. The molecule has 4 rings (SSSR count). The topological polar surface area (TPSA) is 59.7 Å². The summed E-state index contributed by atoms with van der Waals surface area (Å²) in [4.78, 5) is 14.6. The van der Waals surface area contributed by atoms with Gasteiger partial charge in [0.1, 0.15) is 17.7 Å². The van der Waals surface area contributed by atoms with Crippen LogP contribution < -0.4 is 4.90 Å². The number of carbonyl (C=O) groups excluding carboxylic acids is 1. The monoisotopic (exact) mass is 396 g/mol. The second-order valence-electron chi connectivity index (χ2n) is 9.17. The van der Waals surface area contributed by atoms with E-state index in [-0.39, 0.29) is 17.3 Å². The minimum Gasteiger partial charge on any atom is -0.443 e. The summed E-state index contributed by atoms with van der Waals surface area (Å²) in [6.45, 7) is 10.2. The zero-order chi connectivity index (χ0) is 21.0. The molecule has 1 aliphatic heterocycles. The molecule has 0 fully saturated rings. The molecule has 3 heterocycles. The summed E-state index contributed by atoms with van der Waals surface area (Å²) in [6, 6.07) is 8.40. The number of fused-ring (bicyclic) bond motifs is 3. The van der Waals surface area contributed by atoms with Crippen molar-refractivity contribution >= 4 is 17.4 Å². The van der Waals surface area contributed by atoms with Crippen molar-refractivity contribution in [2.45, 2.75) is 52.1 Å². The number of benzene rings is 1. The molecule has 2 aromatic heterocycles.